The molecule has 172 valence electrons. The fourth-order valence-electron chi connectivity index (χ4n) is 2.98. The quantitative estimate of drug-likeness (QED) is 0.126. The van der Waals surface area contributed by atoms with Crippen LogP contribution in [0.1, 0.15) is 96.8 Å². The summed E-state index contributed by atoms with van der Waals surface area (Å²) in [6, 6.07) is -0.807. The lowest BCUT2D eigenvalue weighted by atomic mass is 10.1. The van der Waals surface area contributed by atoms with E-state index in [-0.39, 0.29) is 5.91 Å². The van der Waals surface area contributed by atoms with Crippen molar-refractivity contribution in [1.29, 1.82) is 0 Å². The van der Waals surface area contributed by atoms with Crippen LogP contribution in [0.4, 0.5) is 0 Å². The number of aliphatic hydroxyl groups is 1. The Balaban J connectivity index is 3.49. The molecule has 0 radical (unpaired) electrons. The van der Waals surface area contributed by atoms with Crippen LogP contribution in [0.25, 0.3) is 0 Å². The molecule has 7 nitrogen and oxygen atoms in total. The fourth-order valence-corrected chi connectivity index (χ4v) is 3.36. The number of aliphatic hydroxyl groups excluding tert-OH is 1. The molecule has 0 rings (SSSR count). The van der Waals surface area contributed by atoms with Crippen LogP contribution < -0.4 is 5.32 Å². The van der Waals surface area contributed by atoms with E-state index in [0.29, 0.717) is 6.42 Å². The van der Waals surface area contributed by atoms with E-state index in [9.17, 15) is 9.36 Å². The van der Waals surface area contributed by atoms with E-state index >= 15 is 0 Å². The van der Waals surface area contributed by atoms with Crippen molar-refractivity contribution in [3.05, 3.63) is 12.2 Å². The lowest BCUT2D eigenvalue weighted by molar-refractivity contribution is -0.122. The third-order valence-corrected chi connectivity index (χ3v) is 5.18. The predicted octanol–water partition coefficient (Wildman–Crippen LogP) is 4.61. The van der Waals surface area contributed by atoms with E-state index in [1.807, 2.05) is 0 Å². The maximum atomic E-state index is 11.8. The van der Waals surface area contributed by atoms with Gasteiger partial charge in [0, 0.05) is 6.42 Å². The van der Waals surface area contributed by atoms with Crippen molar-refractivity contribution in [3.8, 4) is 0 Å². The maximum Gasteiger partial charge on any atom is 0.469 e. The van der Waals surface area contributed by atoms with Crippen molar-refractivity contribution in [2.45, 2.75) is 103 Å². The van der Waals surface area contributed by atoms with Gasteiger partial charge in [-0.2, -0.15) is 0 Å². The van der Waals surface area contributed by atoms with E-state index in [1.54, 1.807) is 0 Å². The second-order valence-electron chi connectivity index (χ2n) is 7.57. The molecule has 1 unspecified atom stereocenters. The van der Waals surface area contributed by atoms with Gasteiger partial charge in [0.2, 0.25) is 5.91 Å². The van der Waals surface area contributed by atoms with Gasteiger partial charge < -0.3 is 20.2 Å². The summed E-state index contributed by atoms with van der Waals surface area (Å²) >= 11 is 0. The Morgan fingerprint density at radius 2 is 1.45 bits per heavy atom. The van der Waals surface area contributed by atoms with Crippen molar-refractivity contribution in [1.82, 2.24) is 5.32 Å². The summed E-state index contributed by atoms with van der Waals surface area (Å²) < 4.78 is 14.9. The Morgan fingerprint density at radius 3 is 1.97 bits per heavy atom. The van der Waals surface area contributed by atoms with Gasteiger partial charge in [0.1, 0.15) is 0 Å². The van der Waals surface area contributed by atoms with Crippen LogP contribution in [0.15, 0.2) is 12.2 Å². The number of carbonyl (C=O) groups is 1. The topological polar surface area (TPSA) is 116 Å². The molecule has 0 aromatic carbocycles. The largest absolute Gasteiger partial charge is 0.469 e. The van der Waals surface area contributed by atoms with Crippen LogP contribution in [-0.2, 0) is 13.9 Å². The fraction of sp³-hybridized carbons (Fsp3) is 0.857. The molecule has 0 bridgehead atoms. The van der Waals surface area contributed by atoms with E-state index in [4.69, 9.17) is 14.9 Å². The standard InChI is InChI=1S/C21H42NO6P/c1-2-3-4-5-6-7-8-9-10-11-12-13-14-15-16-17-21(24)22-20(18-23)19-28-29(25,26)27/h9-10,20,23H,2-8,11-19H2,1H3,(H,22,24)(H2,25,26,27)/b10-9+. The van der Waals surface area contributed by atoms with Crippen molar-refractivity contribution in [3.63, 3.8) is 0 Å². The maximum absolute atomic E-state index is 11.8. The van der Waals surface area contributed by atoms with Crippen LogP contribution in [0.2, 0.25) is 0 Å². The van der Waals surface area contributed by atoms with Gasteiger partial charge in [0.05, 0.1) is 19.3 Å². The lowest BCUT2D eigenvalue weighted by Gasteiger charge is -2.16. The van der Waals surface area contributed by atoms with E-state index in [0.717, 1.165) is 32.1 Å². The van der Waals surface area contributed by atoms with Crippen molar-refractivity contribution in [2.24, 2.45) is 0 Å². The summed E-state index contributed by atoms with van der Waals surface area (Å²) in [6.07, 6.45) is 20.4. The molecule has 8 heteroatoms. The molecule has 0 aromatic heterocycles. The minimum atomic E-state index is -4.60. The third kappa shape index (κ3) is 21.8. The molecule has 0 saturated carbocycles. The van der Waals surface area contributed by atoms with Crippen molar-refractivity contribution >= 4 is 13.7 Å². The molecule has 0 aliphatic rings. The average Bonchev–Trinajstić information content (AvgIpc) is 2.67. The van der Waals surface area contributed by atoms with Gasteiger partial charge in [-0.25, -0.2) is 4.57 Å². The van der Waals surface area contributed by atoms with Gasteiger partial charge in [-0.05, 0) is 32.1 Å². The molecule has 0 saturated heterocycles. The number of phosphoric acid groups is 1. The molecule has 0 spiro atoms. The smallest absolute Gasteiger partial charge is 0.394 e. The highest BCUT2D eigenvalue weighted by atomic mass is 31.2. The highest BCUT2D eigenvalue weighted by Gasteiger charge is 2.19. The summed E-state index contributed by atoms with van der Waals surface area (Å²) in [5, 5.41) is 11.6. The van der Waals surface area contributed by atoms with Gasteiger partial charge in [0.15, 0.2) is 0 Å². The van der Waals surface area contributed by atoms with Crippen LogP contribution >= 0.6 is 7.82 Å². The van der Waals surface area contributed by atoms with Crippen LogP contribution in [0.5, 0.6) is 0 Å². The Morgan fingerprint density at radius 1 is 0.931 bits per heavy atom. The predicted molar refractivity (Wildman–Crippen MR) is 116 cm³/mol. The average molecular weight is 436 g/mol. The molecule has 0 heterocycles. The Labute approximate surface area is 176 Å². The summed E-state index contributed by atoms with van der Waals surface area (Å²) in [4.78, 5) is 29.1. The van der Waals surface area contributed by atoms with E-state index in [2.05, 4.69) is 28.9 Å². The molecule has 1 atom stereocenters. The van der Waals surface area contributed by atoms with E-state index < -0.39 is 27.1 Å². The third-order valence-electron chi connectivity index (χ3n) is 4.70. The molecule has 0 aliphatic carbocycles. The first-order valence-electron chi connectivity index (χ1n) is 11.1. The van der Waals surface area contributed by atoms with E-state index in [1.165, 1.54) is 51.4 Å². The van der Waals surface area contributed by atoms with Gasteiger partial charge in [-0.1, -0.05) is 70.4 Å². The first kappa shape index (κ1) is 28.3. The van der Waals surface area contributed by atoms with Gasteiger partial charge >= 0.3 is 7.82 Å². The van der Waals surface area contributed by atoms with Gasteiger partial charge in [0.25, 0.3) is 0 Å². The number of phosphoric ester groups is 1. The monoisotopic (exact) mass is 435 g/mol. The summed E-state index contributed by atoms with van der Waals surface area (Å²) in [7, 11) is -4.60. The molecular formula is C21H42NO6P. The minimum absolute atomic E-state index is 0.240. The summed E-state index contributed by atoms with van der Waals surface area (Å²) in [5.74, 6) is -0.240. The van der Waals surface area contributed by atoms with Gasteiger partial charge in [-0.15, -0.1) is 0 Å². The molecule has 29 heavy (non-hydrogen) atoms. The number of amides is 1. The normalized spacial score (nSPS) is 13.1. The second kappa shape index (κ2) is 19.3. The van der Waals surface area contributed by atoms with Crippen LogP contribution in [0, 0.1) is 0 Å². The number of hydrogen-bond acceptors (Lipinski definition) is 4. The molecule has 0 aliphatic heterocycles. The first-order chi connectivity index (χ1) is 13.9. The van der Waals surface area contributed by atoms with Crippen molar-refractivity contribution in [2.75, 3.05) is 13.2 Å². The minimum Gasteiger partial charge on any atom is -0.394 e. The zero-order valence-corrected chi connectivity index (χ0v) is 19.0. The zero-order chi connectivity index (χ0) is 21.8. The number of rotatable bonds is 20. The SMILES string of the molecule is CCCCCCCC/C=C/CCCCCCCC(=O)NC(CO)COP(=O)(O)O. The molecular weight excluding hydrogens is 393 g/mol. The molecule has 0 fully saturated rings. The zero-order valence-electron chi connectivity index (χ0n) is 18.1. The number of hydrogen-bond donors (Lipinski definition) is 4. The Kier molecular flexibility index (Phi) is 18.8. The highest BCUT2D eigenvalue weighted by molar-refractivity contribution is 7.46. The number of carbonyl (C=O) groups excluding carboxylic acids is 1. The summed E-state index contributed by atoms with van der Waals surface area (Å²) in [6.45, 7) is 1.39. The number of nitrogens with one attached hydrogen (secondary N) is 1. The Bertz CT molecular complexity index is 466. The number of allylic oxidation sites excluding steroid dienone is 2. The molecule has 4 N–H and O–H groups in total. The first-order valence-corrected chi connectivity index (χ1v) is 12.7. The highest BCUT2D eigenvalue weighted by Crippen LogP contribution is 2.35. The van der Waals surface area contributed by atoms with Crippen molar-refractivity contribution < 1.29 is 28.8 Å². The van der Waals surface area contributed by atoms with Crippen LogP contribution in [0.3, 0.4) is 0 Å². The summed E-state index contributed by atoms with van der Waals surface area (Å²) in [5.41, 5.74) is 0. The second-order valence-corrected chi connectivity index (χ2v) is 8.81. The molecule has 0 aromatic rings. The number of unbranched alkanes of at least 4 members (excludes halogenated alkanes) is 11. The van der Waals surface area contributed by atoms with Gasteiger partial charge in [-0.3, -0.25) is 9.32 Å². The molecule has 1 amide bonds. The Hall–Kier alpha value is -0.720. The van der Waals surface area contributed by atoms with Crippen LogP contribution in [-0.4, -0.2) is 40.1 Å². The lowest BCUT2D eigenvalue weighted by Crippen LogP contribution is -2.40.